The topological polar surface area (TPSA) is 369 Å². The van der Waals surface area contributed by atoms with Crippen molar-refractivity contribution in [3.63, 3.8) is 0 Å². The third kappa shape index (κ3) is 8.57. The van der Waals surface area contributed by atoms with Crippen LogP contribution < -0.4 is 11.2 Å². The van der Waals surface area contributed by atoms with Gasteiger partial charge in [0.15, 0.2) is 5.75 Å². The molecule has 0 atom stereocenters. The van der Waals surface area contributed by atoms with Crippen LogP contribution in [0.15, 0.2) is 113 Å². The fraction of sp³-hybridized carbons (Fsp3) is 0. The molecule has 5 aromatic carbocycles. The number of phenolic OH excluding ortho intramolecular Hbond substituents is 1. The lowest BCUT2D eigenvalue weighted by molar-refractivity contribution is 0.0697. The van der Waals surface area contributed by atoms with Crippen LogP contribution >= 0.6 is 11.6 Å². The Hall–Kier alpha value is -5.97. The van der Waals surface area contributed by atoms with E-state index < -0.39 is 127 Å². The molecule has 0 aliphatic carbocycles. The molecule has 22 nitrogen and oxygen atoms in total. The van der Waals surface area contributed by atoms with Gasteiger partial charge in [-0.05, 0) is 64.8 Å². The molecule has 0 saturated heterocycles. The maximum Gasteiger partial charge on any atom is 0.337 e. The van der Waals surface area contributed by atoms with E-state index in [9.17, 15) is 66.9 Å². The molecular weight excluding hydrogens is 862 g/mol. The minimum absolute atomic E-state index is 0.0167. The molecular formula is C30H20ClN7O15S4. The van der Waals surface area contributed by atoms with E-state index in [1.165, 1.54) is 24.3 Å². The molecule has 0 bridgehead atoms. The number of nitrogens with one attached hydrogen (secondary N) is 2. The molecule has 8 N–H and O–H groups in total. The summed E-state index contributed by atoms with van der Waals surface area (Å²) in [5.74, 6) is -2.83. The number of nitrogens with zero attached hydrogens (tertiary/aromatic N) is 5. The zero-order valence-electron chi connectivity index (χ0n) is 27.5. The summed E-state index contributed by atoms with van der Waals surface area (Å²) in [6.45, 7) is 0. The highest BCUT2D eigenvalue weighted by atomic mass is 35.5. The number of aromatic carboxylic acids is 1. The molecule has 6 aromatic rings. The molecule has 0 fully saturated rings. The number of carboxylic acids is 1. The number of benzene rings is 5. The van der Waals surface area contributed by atoms with Crippen molar-refractivity contribution in [1.29, 1.82) is 0 Å². The molecule has 0 saturated carbocycles. The lowest BCUT2D eigenvalue weighted by Gasteiger charge is -2.12. The Labute approximate surface area is 323 Å². The molecule has 0 aliphatic heterocycles. The van der Waals surface area contributed by atoms with Gasteiger partial charge in [-0.1, -0.05) is 30.3 Å². The number of halogens is 1. The zero-order valence-corrected chi connectivity index (χ0v) is 31.6. The Kier molecular flexibility index (Phi) is 10.4. The van der Waals surface area contributed by atoms with Crippen LogP contribution in [0.1, 0.15) is 10.4 Å². The first-order valence-corrected chi connectivity index (χ1v) is 21.1. The summed E-state index contributed by atoms with van der Waals surface area (Å²) < 4.78 is 137. The minimum Gasteiger partial charge on any atom is -0.505 e. The number of fused-ring (bicyclic) bond motifs is 2. The van der Waals surface area contributed by atoms with Crippen molar-refractivity contribution < 1.29 is 66.9 Å². The first kappa shape index (κ1) is 40.7. The van der Waals surface area contributed by atoms with Gasteiger partial charge in [-0.15, -0.1) is 10.2 Å². The Bertz CT molecular complexity index is 3370. The molecule has 0 amide bonds. The second kappa shape index (κ2) is 14.5. The number of azo groups is 1. The summed E-state index contributed by atoms with van der Waals surface area (Å²) in [4.78, 5) is 25.1. The van der Waals surface area contributed by atoms with Gasteiger partial charge < -0.3 is 15.2 Å². The van der Waals surface area contributed by atoms with Crippen LogP contribution in [-0.2, 0) is 40.5 Å². The smallest absolute Gasteiger partial charge is 0.337 e. The van der Waals surface area contributed by atoms with E-state index >= 15 is 0 Å². The van der Waals surface area contributed by atoms with Crippen molar-refractivity contribution in [3.8, 4) is 5.75 Å². The summed E-state index contributed by atoms with van der Waals surface area (Å²) in [7, 11) is -20.3. The van der Waals surface area contributed by atoms with E-state index in [2.05, 4.69) is 35.2 Å². The van der Waals surface area contributed by atoms with E-state index in [4.69, 9.17) is 11.6 Å². The highest BCUT2D eigenvalue weighted by Gasteiger charge is 2.27. The number of aromatic amines is 2. The lowest BCUT2D eigenvalue weighted by Crippen LogP contribution is -2.26. The molecule has 0 spiro atoms. The summed E-state index contributed by atoms with van der Waals surface area (Å²) in [6.07, 6.45) is 0. The highest BCUT2D eigenvalue weighted by molar-refractivity contribution is 7.86. The normalized spacial score (nSPS) is 13.6. The van der Waals surface area contributed by atoms with Crippen LogP contribution in [0.25, 0.3) is 21.5 Å². The van der Waals surface area contributed by atoms with Gasteiger partial charge in [0.05, 0.1) is 32.1 Å². The van der Waals surface area contributed by atoms with Crippen molar-refractivity contribution in [2.75, 3.05) is 0 Å². The van der Waals surface area contributed by atoms with Crippen LogP contribution in [0.4, 0.5) is 22.7 Å². The molecule has 57 heavy (non-hydrogen) atoms. The monoisotopic (exact) mass is 881 g/mol. The number of rotatable bonds is 9. The minimum atomic E-state index is -5.37. The Morgan fingerprint density at radius 1 is 0.667 bits per heavy atom. The zero-order chi connectivity index (χ0) is 41.8. The van der Waals surface area contributed by atoms with E-state index in [0.29, 0.717) is 29.7 Å². The standard InChI is InChI=1S/C30H20ClN7O15S4/c31-28-34-29(32-19-8-6-15(54(42,43)44)11-18(19)27(40)41)36-30(35-28)33-21-12-16(55(45,46)47)9-14-10-22(56(48,49)50)24(25(39)23(14)21)38-37-20-7-5-13-3-1-2-4-17(13)26(20)57(51,52)53/h1-12,39H,(H,40,41)(H,42,43,44)(H,45,46,47)(H,48,49,50)(H,51,52,53)(H2,32,33,34,35,36). The van der Waals surface area contributed by atoms with Crippen LogP contribution in [0, 0.1) is 0 Å². The van der Waals surface area contributed by atoms with Crippen molar-refractivity contribution in [3.05, 3.63) is 94.9 Å². The van der Waals surface area contributed by atoms with E-state index in [-0.39, 0.29) is 5.39 Å². The van der Waals surface area contributed by atoms with Gasteiger partial charge in [0.25, 0.3) is 40.5 Å². The summed E-state index contributed by atoms with van der Waals surface area (Å²) in [6, 6.07) is 12.7. The summed E-state index contributed by atoms with van der Waals surface area (Å²) >= 11 is 6.10. The molecule has 27 heteroatoms. The molecule has 1 heterocycles. The molecule has 0 radical (unpaired) electrons. The van der Waals surface area contributed by atoms with E-state index in [1.54, 1.807) is 6.07 Å². The number of carbonyl (C=O) groups is 1. The first-order chi connectivity index (χ1) is 26.4. The van der Waals surface area contributed by atoms with Gasteiger partial charge >= 0.3 is 5.97 Å². The average molecular weight is 882 g/mol. The quantitative estimate of drug-likeness (QED) is 0.0752. The number of aromatic hydroxyl groups is 1. The summed E-state index contributed by atoms with van der Waals surface area (Å²) in [5.41, 5.74) is -4.35. The highest BCUT2D eigenvalue weighted by Crippen LogP contribution is 2.46. The number of H-pyrrole nitrogens is 2. The van der Waals surface area contributed by atoms with Gasteiger partial charge in [-0.2, -0.15) is 38.7 Å². The second-order valence-corrected chi connectivity index (χ2v) is 17.3. The van der Waals surface area contributed by atoms with Crippen molar-refractivity contribution in [2.45, 2.75) is 19.6 Å². The number of hydrogen-bond donors (Lipinski definition) is 8. The molecule has 1 aromatic heterocycles. The SMILES string of the molecule is O=C(O)c1cc(S(=O)(=O)O)ccc1N=c1nc(Cl)[nH]c(=Nc2cc(S(=O)(=O)O)cc3cc(S(=O)(=O)O)c(N=Nc4ccc5ccccc5c4S(=O)(=O)O)c(O)c23)[nH]1. The number of hydrogen-bond acceptors (Lipinski definition) is 15. The predicted octanol–water partition coefficient (Wildman–Crippen LogP) is 3.97. The van der Waals surface area contributed by atoms with E-state index in [1.807, 2.05) is 0 Å². The lowest BCUT2D eigenvalue weighted by atomic mass is 10.1. The maximum atomic E-state index is 12.6. The van der Waals surface area contributed by atoms with E-state index in [0.717, 1.165) is 18.2 Å². The van der Waals surface area contributed by atoms with Crippen molar-refractivity contribution in [1.82, 2.24) is 15.0 Å². The van der Waals surface area contributed by atoms with Gasteiger partial charge in [0.1, 0.15) is 21.2 Å². The predicted molar refractivity (Wildman–Crippen MR) is 195 cm³/mol. The van der Waals surface area contributed by atoms with Gasteiger partial charge in [-0.3, -0.25) is 23.2 Å². The van der Waals surface area contributed by atoms with Crippen molar-refractivity contribution in [2.24, 2.45) is 20.2 Å². The van der Waals surface area contributed by atoms with Gasteiger partial charge in [0, 0.05) is 5.39 Å². The fourth-order valence-corrected chi connectivity index (χ4v) is 8.03. The molecule has 0 unspecified atom stereocenters. The van der Waals surface area contributed by atoms with Crippen LogP contribution in [0.2, 0.25) is 5.28 Å². The van der Waals surface area contributed by atoms with Crippen LogP contribution in [0.5, 0.6) is 5.75 Å². The Morgan fingerprint density at radius 3 is 1.96 bits per heavy atom. The second-order valence-electron chi connectivity index (χ2n) is 11.4. The Balaban J connectivity index is 1.64. The maximum absolute atomic E-state index is 12.6. The number of carboxylic acid groups (broad SMARTS) is 1. The number of phenols is 1. The Morgan fingerprint density at radius 2 is 1.33 bits per heavy atom. The number of aromatic nitrogens is 3. The molecule has 296 valence electrons. The van der Waals surface area contributed by atoms with Gasteiger partial charge in [0.2, 0.25) is 16.5 Å². The first-order valence-electron chi connectivity index (χ1n) is 14.9. The fourth-order valence-electron chi connectivity index (χ4n) is 5.33. The van der Waals surface area contributed by atoms with Crippen LogP contribution in [-0.4, -0.2) is 83.0 Å². The molecule has 0 aliphatic rings. The molecule has 6 rings (SSSR count). The van der Waals surface area contributed by atoms with Gasteiger partial charge in [-0.25, -0.2) is 14.8 Å². The average Bonchev–Trinajstić information content (AvgIpc) is 3.08. The largest absolute Gasteiger partial charge is 0.505 e. The third-order valence-electron chi connectivity index (χ3n) is 7.66. The van der Waals surface area contributed by atoms with Crippen molar-refractivity contribution >= 4 is 102 Å². The van der Waals surface area contributed by atoms with Crippen LogP contribution in [0.3, 0.4) is 0 Å². The summed E-state index contributed by atoms with van der Waals surface area (Å²) in [5, 5.41) is 27.4. The third-order valence-corrected chi connectivity index (χ3v) is 11.3.